The average molecular weight is 257 g/mol. The summed E-state index contributed by atoms with van der Waals surface area (Å²) in [7, 11) is -0.215. The number of nitrogens with zero attached hydrogens (tertiary/aromatic N) is 1. The molecule has 1 aromatic carbocycles. The van der Waals surface area contributed by atoms with Crippen LogP contribution in [0.25, 0.3) is 0 Å². The predicted molar refractivity (Wildman–Crippen MR) is 69.6 cm³/mol. The number of hydrogen-bond donors (Lipinski definition) is 2. The molecule has 0 saturated heterocycles. The second-order valence-electron chi connectivity index (χ2n) is 4.03. The van der Waals surface area contributed by atoms with Crippen LogP contribution in [0.1, 0.15) is 6.92 Å². The molecule has 1 unspecified atom stereocenters. The van der Waals surface area contributed by atoms with Crippen molar-refractivity contribution < 1.29 is 8.42 Å². The van der Waals surface area contributed by atoms with E-state index in [0.29, 0.717) is 12.2 Å². The van der Waals surface area contributed by atoms with Gasteiger partial charge in [0.1, 0.15) is 4.90 Å². The maximum absolute atomic E-state index is 11.8. The van der Waals surface area contributed by atoms with Gasteiger partial charge in [-0.05, 0) is 26.1 Å². The molecule has 0 bridgehead atoms. The Labute approximate surface area is 103 Å². The number of sulfonamides is 1. The molecular weight excluding hydrogens is 238 g/mol. The lowest BCUT2D eigenvalue weighted by Gasteiger charge is -2.23. The molecule has 1 aromatic rings. The van der Waals surface area contributed by atoms with Crippen LogP contribution in [0.4, 0.5) is 5.69 Å². The highest BCUT2D eigenvalue weighted by molar-refractivity contribution is 7.89. The molecule has 0 aliphatic carbocycles. The van der Waals surface area contributed by atoms with E-state index in [1.54, 1.807) is 18.2 Å². The third-order valence-corrected chi connectivity index (χ3v) is 3.86. The van der Waals surface area contributed by atoms with Gasteiger partial charge in [0.15, 0.2) is 0 Å². The summed E-state index contributed by atoms with van der Waals surface area (Å²) in [5, 5.41) is 0. The van der Waals surface area contributed by atoms with Crippen LogP contribution >= 0.6 is 0 Å². The minimum absolute atomic E-state index is 0.0228. The van der Waals surface area contributed by atoms with E-state index in [0.717, 1.165) is 0 Å². The molecule has 0 fully saturated rings. The normalized spacial score (nSPS) is 13.4. The van der Waals surface area contributed by atoms with Gasteiger partial charge in [-0.15, -0.1) is 0 Å². The van der Waals surface area contributed by atoms with Crippen LogP contribution in [0.2, 0.25) is 0 Å². The summed E-state index contributed by atoms with van der Waals surface area (Å²) >= 11 is 0. The Morgan fingerprint density at radius 3 is 2.53 bits per heavy atom. The molecule has 3 N–H and O–H groups in total. The topological polar surface area (TPSA) is 75.4 Å². The number of para-hydroxylation sites is 1. The fraction of sp³-hybridized carbons (Fsp3) is 0.455. The lowest BCUT2D eigenvalue weighted by Crippen LogP contribution is -2.34. The van der Waals surface area contributed by atoms with E-state index in [-0.39, 0.29) is 10.9 Å². The molecule has 0 aromatic heterocycles. The molecule has 1 rings (SSSR count). The van der Waals surface area contributed by atoms with Crippen LogP contribution in [-0.4, -0.2) is 35.1 Å². The maximum atomic E-state index is 11.8. The molecule has 0 aliphatic rings. The molecule has 1 atom stereocenters. The number of rotatable bonds is 5. The third-order valence-electron chi connectivity index (χ3n) is 2.40. The fourth-order valence-electron chi connectivity index (χ4n) is 1.64. The van der Waals surface area contributed by atoms with Crippen LogP contribution in [0.15, 0.2) is 29.2 Å². The maximum Gasteiger partial charge on any atom is 0.242 e. The van der Waals surface area contributed by atoms with Crippen LogP contribution in [0.3, 0.4) is 0 Å². The quantitative estimate of drug-likeness (QED) is 0.799. The van der Waals surface area contributed by atoms with Crippen LogP contribution in [0, 0.1) is 0 Å². The van der Waals surface area contributed by atoms with Gasteiger partial charge in [0.05, 0.1) is 5.69 Å². The summed E-state index contributed by atoms with van der Waals surface area (Å²) in [6.07, 6.45) is 0. The van der Waals surface area contributed by atoms with Gasteiger partial charge in [0, 0.05) is 19.6 Å². The fourth-order valence-corrected chi connectivity index (χ4v) is 2.62. The van der Waals surface area contributed by atoms with Crippen LogP contribution < -0.4 is 15.4 Å². The summed E-state index contributed by atoms with van der Waals surface area (Å²) in [5.41, 5.74) is 6.37. The molecule has 96 valence electrons. The van der Waals surface area contributed by atoms with Crippen molar-refractivity contribution in [2.24, 2.45) is 5.73 Å². The Morgan fingerprint density at radius 1 is 1.41 bits per heavy atom. The minimum Gasteiger partial charge on any atom is -0.372 e. The lowest BCUT2D eigenvalue weighted by molar-refractivity contribution is 0.587. The number of anilines is 1. The van der Waals surface area contributed by atoms with E-state index >= 15 is 0 Å². The SMILES string of the molecule is CNS(=O)(=O)c1ccccc1N(C)CC(C)N. The summed E-state index contributed by atoms with van der Waals surface area (Å²) in [6, 6.07) is 6.84. The molecule has 0 spiro atoms. The first-order valence-corrected chi connectivity index (χ1v) is 6.86. The summed E-state index contributed by atoms with van der Waals surface area (Å²) in [6.45, 7) is 2.47. The standard InChI is InChI=1S/C11H19N3O2S/c1-9(12)8-14(3)10-6-4-5-7-11(10)17(15,16)13-2/h4-7,9,13H,8,12H2,1-3H3. The highest BCUT2D eigenvalue weighted by Crippen LogP contribution is 2.23. The van der Waals surface area contributed by atoms with Crippen molar-refractivity contribution in [3.63, 3.8) is 0 Å². The smallest absolute Gasteiger partial charge is 0.242 e. The van der Waals surface area contributed by atoms with Gasteiger partial charge in [-0.3, -0.25) is 0 Å². The van der Waals surface area contributed by atoms with Crippen molar-refractivity contribution in [2.75, 3.05) is 25.5 Å². The summed E-state index contributed by atoms with van der Waals surface area (Å²) < 4.78 is 26.0. The first kappa shape index (κ1) is 14.0. The van der Waals surface area contributed by atoms with Crippen molar-refractivity contribution in [3.05, 3.63) is 24.3 Å². The summed E-state index contributed by atoms with van der Waals surface area (Å²) in [4.78, 5) is 2.11. The number of hydrogen-bond acceptors (Lipinski definition) is 4. The molecule has 0 saturated carbocycles. The highest BCUT2D eigenvalue weighted by atomic mass is 32.2. The highest BCUT2D eigenvalue weighted by Gasteiger charge is 2.18. The van der Waals surface area contributed by atoms with Gasteiger partial charge in [-0.2, -0.15) is 0 Å². The molecular formula is C11H19N3O2S. The van der Waals surface area contributed by atoms with Crippen LogP contribution in [0.5, 0.6) is 0 Å². The van der Waals surface area contributed by atoms with Crippen molar-refractivity contribution >= 4 is 15.7 Å². The van der Waals surface area contributed by atoms with E-state index in [4.69, 9.17) is 5.73 Å². The lowest BCUT2D eigenvalue weighted by atomic mass is 10.2. The van der Waals surface area contributed by atoms with Crippen molar-refractivity contribution in [1.82, 2.24) is 4.72 Å². The van der Waals surface area contributed by atoms with E-state index in [2.05, 4.69) is 4.72 Å². The van der Waals surface area contributed by atoms with E-state index in [1.807, 2.05) is 24.9 Å². The predicted octanol–water partition coefficient (Wildman–Crippen LogP) is 0.378. The zero-order valence-electron chi connectivity index (χ0n) is 10.3. The second-order valence-corrected chi connectivity index (χ2v) is 5.89. The van der Waals surface area contributed by atoms with Gasteiger partial charge in [-0.25, -0.2) is 13.1 Å². The van der Waals surface area contributed by atoms with E-state index < -0.39 is 10.0 Å². The number of nitrogens with two attached hydrogens (primary N) is 1. The first-order valence-electron chi connectivity index (χ1n) is 5.37. The Balaban J connectivity index is 3.17. The Hall–Kier alpha value is -1.11. The van der Waals surface area contributed by atoms with E-state index in [1.165, 1.54) is 7.05 Å². The monoisotopic (exact) mass is 257 g/mol. The van der Waals surface area contributed by atoms with Crippen molar-refractivity contribution in [2.45, 2.75) is 17.9 Å². The molecule has 5 nitrogen and oxygen atoms in total. The Kier molecular flexibility index (Phi) is 4.50. The van der Waals surface area contributed by atoms with Crippen molar-refractivity contribution in [1.29, 1.82) is 0 Å². The second kappa shape index (κ2) is 5.48. The van der Waals surface area contributed by atoms with Gasteiger partial charge in [-0.1, -0.05) is 12.1 Å². The van der Waals surface area contributed by atoms with Gasteiger partial charge in [0.25, 0.3) is 0 Å². The third kappa shape index (κ3) is 3.42. The summed E-state index contributed by atoms with van der Waals surface area (Å²) in [5.74, 6) is 0. The molecule has 0 aliphatic heterocycles. The average Bonchev–Trinajstić information content (AvgIpc) is 2.28. The minimum atomic E-state index is -3.44. The van der Waals surface area contributed by atoms with E-state index in [9.17, 15) is 8.42 Å². The van der Waals surface area contributed by atoms with Gasteiger partial charge < -0.3 is 10.6 Å². The largest absolute Gasteiger partial charge is 0.372 e. The zero-order valence-corrected chi connectivity index (χ0v) is 11.2. The zero-order chi connectivity index (χ0) is 13.1. The van der Waals surface area contributed by atoms with Gasteiger partial charge >= 0.3 is 0 Å². The number of likely N-dealkylation sites (N-methyl/N-ethyl adjacent to an activating group) is 1. The molecule has 0 amide bonds. The Morgan fingerprint density at radius 2 is 2.00 bits per heavy atom. The Bertz CT molecular complexity index is 471. The molecule has 6 heteroatoms. The van der Waals surface area contributed by atoms with Crippen LogP contribution in [-0.2, 0) is 10.0 Å². The first-order chi connectivity index (χ1) is 7.88. The molecule has 0 heterocycles. The van der Waals surface area contributed by atoms with Crippen molar-refractivity contribution in [3.8, 4) is 0 Å². The molecule has 0 radical (unpaired) electrons. The number of benzene rings is 1. The number of nitrogens with one attached hydrogen (secondary N) is 1. The molecule has 17 heavy (non-hydrogen) atoms. The van der Waals surface area contributed by atoms with Gasteiger partial charge in [0.2, 0.25) is 10.0 Å².